The lowest BCUT2D eigenvalue weighted by Gasteiger charge is -2.15. The van der Waals surface area contributed by atoms with Crippen molar-refractivity contribution < 1.29 is 4.79 Å². The van der Waals surface area contributed by atoms with Crippen LogP contribution in [0.2, 0.25) is 0 Å². The van der Waals surface area contributed by atoms with E-state index in [1.54, 1.807) is 10.6 Å². The molecule has 4 aromatic rings. The number of carbonyl (C=O) groups excluding carboxylic acids is 1. The summed E-state index contributed by atoms with van der Waals surface area (Å²) < 4.78 is 1.60. The maximum atomic E-state index is 13.4. The maximum absolute atomic E-state index is 13.4. The molecule has 3 aromatic carbocycles. The Hall–Kier alpha value is -3.38. The molecule has 0 saturated carbocycles. The van der Waals surface area contributed by atoms with E-state index in [4.69, 9.17) is 4.98 Å². The number of nitrogens with zero attached hydrogens (tertiary/aromatic N) is 2. The second-order valence-electron chi connectivity index (χ2n) is 7.92. The number of amides is 1. The van der Waals surface area contributed by atoms with Gasteiger partial charge in [-0.1, -0.05) is 48.2 Å². The third kappa shape index (κ3) is 4.32. The lowest BCUT2D eigenvalue weighted by Crippen LogP contribution is -2.23. The lowest BCUT2D eigenvalue weighted by atomic mass is 10.1. The van der Waals surface area contributed by atoms with Gasteiger partial charge in [-0.25, -0.2) is 4.98 Å². The zero-order chi connectivity index (χ0) is 22.8. The lowest BCUT2D eigenvalue weighted by molar-refractivity contribution is -0.113. The van der Waals surface area contributed by atoms with Gasteiger partial charge in [0.15, 0.2) is 5.16 Å². The summed E-state index contributed by atoms with van der Waals surface area (Å²) in [5, 5.41) is 4.05. The van der Waals surface area contributed by atoms with Gasteiger partial charge in [0.1, 0.15) is 0 Å². The monoisotopic (exact) mass is 443 g/mol. The van der Waals surface area contributed by atoms with Crippen molar-refractivity contribution in [3.63, 3.8) is 0 Å². The molecule has 4 rings (SSSR count). The molecule has 0 bridgehead atoms. The number of hydrogen-bond donors (Lipinski definition) is 1. The van der Waals surface area contributed by atoms with Crippen LogP contribution in [0.4, 0.5) is 5.69 Å². The first-order valence-corrected chi connectivity index (χ1v) is 11.4. The van der Waals surface area contributed by atoms with Crippen molar-refractivity contribution in [3.8, 4) is 5.69 Å². The number of aromatic nitrogens is 2. The highest BCUT2D eigenvalue weighted by Crippen LogP contribution is 2.24. The molecule has 0 unspecified atom stereocenters. The highest BCUT2D eigenvalue weighted by molar-refractivity contribution is 7.99. The number of para-hydroxylation sites is 2. The second kappa shape index (κ2) is 9.01. The predicted molar refractivity (Wildman–Crippen MR) is 132 cm³/mol. The molecule has 0 aliphatic rings. The molecule has 5 nitrogen and oxygen atoms in total. The summed E-state index contributed by atoms with van der Waals surface area (Å²) in [6.07, 6.45) is 0. The number of hydrogen-bond acceptors (Lipinski definition) is 4. The van der Waals surface area contributed by atoms with Crippen molar-refractivity contribution in [1.82, 2.24) is 9.55 Å². The molecule has 1 N–H and O–H groups in total. The fourth-order valence-electron chi connectivity index (χ4n) is 3.62. The minimum Gasteiger partial charge on any atom is -0.325 e. The average molecular weight is 444 g/mol. The maximum Gasteiger partial charge on any atom is 0.266 e. The van der Waals surface area contributed by atoms with Gasteiger partial charge < -0.3 is 5.32 Å². The smallest absolute Gasteiger partial charge is 0.266 e. The van der Waals surface area contributed by atoms with Crippen LogP contribution in [0.3, 0.4) is 0 Å². The first-order chi connectivity index (χ1) is 15.3. The Bertz CT molecular complexity index is 1370. The fourth-order valence-corrected chi connectivity index (χ4v) is 4.43. The van der Waals surface area contributed by atoms with Gasteiger partial charge in [0.05, 0.1) is 22.3 Å². The number of anilines is 1. The Morgan fingerprint density at radius 3 is 2.34 bits per heavy atom. The number of benzene rings is 3. The van der Waals surface area contributed by atoms with E-state index >= 15 is 0 Å². The van der Waals surface area contributed by atoms with E-state index in [0.717, 1.165) is 33.6 Å². The number of nitrogens with one attached hydrogen (secondary N) is 1. The largest absolute Gasteiger partial charge is 0.325 e. The van der Waals surface area contributed by atoms with Gasteiger partial charge in [-0.15, -0.1) is 0 Å². The zero-order valence-electron chi connectivity index (χ0n) is 18.6. The van der Waals surface area contributed by atoms with E-state index in [2.05, 4.69) is 5.32 Å². The van der Waals surface area contributed by atoms with Crippen molar-refractivity contribution in [2.75, 3.05) is 11.1 Å². The molecule has 0 atom stereocenters. The summed E-state index contributed by atoms with van der Waals surface area (Å²) in [6, 6.07) is 19.1. The van der Waals surface area contributed by atoms with Gasteiger partial charge in [0.25, 0.3) is 5.56 Å². The molecule has 0 radical (unpaired) electrons. The second-order valence-corrected chi connectivity index (χ2v) is 8.87. The molecule has 6 heteroatoms. The van der Waals surface area contributed by atoms with Crippen LogP contribution in [0.15, 0.2) is 70.6 Å². The highest BCUT2D eigenvalue weighted by atomic mass is 32.2. The molecular formula is C26H25N3O2S. The van der Waals surface area contributed by atoms with Gasteiger partial charge in [-0.2, -0.15) is 0 Å². The number of aryl methyl sites for hydroxylation is 4. The summed E-state index contributed by atoms with van der Waals surface area (Å²) in [6.45, 7) is 7.99. The predicted octanol–water partition coefficient (Wildman–Crippen LogP) is 5.35. The Kier molecular flexibility index (Phi) is 6.15. The van der Waals surface area contributed by atoms with Crippen molar-refractivity contribution in [2.24, 2.45) is 0 Å². The summed E-state index contributed by atoms with van der Waals surface area (Å²) in [5.74, 6) is 0.00471. The van der Waals surface area contributed by atoms with Crippen LogP contribution < -0.4 is 10.9 Å². The van der Waals surface area contributed by atoms with E-state index in [-0.39, 0.29) is 17.2 Å². The van der Waals surface area contributed by atoms with Gasteiger partial charge in [-0.3, -0.25) is 14.2 Å². The molecule has 0 aliphatic carbocycles. The molecule has 1 amide bonds. The van der Waals surface area contributed by atoms with Crippen LogP contribution in [0.1, 0.15) is 22.3 Å². The van der Waals surface area contributed by atoms with E-state index < -0.39 is 0 Å². The number of thioether (sulfide) groups is 1. The standard InChI is InChI=1S/C26H25N3O2S/c1-16-12-13-20(14-19(16)4)29-25(31)21-10-5-6-11-22(21)27-26(29)32-15-23(30)28-24-17(2)8-7-9-18(24)3/h5-14H,15H2,1-4H3,(H,28,30). The number of fused-ring (bicyclic) bond motifs is 1. The topological polar surface area (TPSA) is 64.0 Å². The van der Waals surface area contributed by atoms with Crippen LogP contribution in [0.25, 0.3) is 16.6 Å². The summed E-state index contributed by atoms with van der Waals surface area (Å²) in [7, 11) is 0. The molecule has 162 valence electrons. The van der Waals surface area contributed by atoms with Gasteiger partial charge in [0, 0.05) is 5.69 Å². The zero-order valence-corrected chi connectivity index (χ0v) is 19.4. The van der Waals surface area contributed by atoms with E-state index in [1.807, 2.05) is 82.3 Å². The third-order valence-electron chi connectivity index (χ3n) is 5.57. The third-order valence-corrected chi connectivity index (χ3v) is 6.51. The van der Waals surface area contributed by atoms with E-state index in [0.29, 0.717) is 16.1 Å². The highest BCUT2D eigenvalue weighted by Gasteiger charge is 2.16. The Morgan fingerprint density at radius 1 is 0.906 bits per heavy atom. The molecule has 32 heavy (non-hydrogen) atoms. The Balaban J connectivity index is 1.70. The van der Waals surface area contributed by atoms with Crippen molar-refractivity contribution in [1.29, 1.82) is 0 Å². The van der Waals surface area contributed by atoms with Gasteiger partial charge in [-0.05, 0) is 74.2 Å². The molecule has 1 aromatic heterocycles. The first kappa shape index (κ1) is 21.8. The number of rotatable bonds is 5. The Morgan fingerprint density at radius 2 is 1.62 bits per heavy atom. The van der Waals surface area contributed by atoms with E-state index in [1.165, 1.54) is 11.8 Å². The van der Waals surface area contributed by atoms with Crippen LogP contribution in [0, 0.1) is 27.7 Å². The summed E-state index contributed by atoms with van der Waals surface area (Å²) >= 11 is 1.26. The van der Waals surface area contributed by atoms with Crippen molar-refractivity contribution >= 4 is 34.3 Å². The normalized spacial score (nSPS) is 11.0. The van der Waals surface area contributed by atoms with Crippen LogP contribution in [-0.2, 0) is 4.79 Å². The molecule has 0 saturated heterocycles. The Labute approximate surface area is 191 Å². The molecule has 0 fully saturated rings. The summed E-state index contributed by atoms with van der Waals surface area (Å²) in [4.78, 5) is 30.8. The van der Waals surface area contributed by atoms with Crippen molar-refractivity contribution in [2.45, 2.75) is 32.9 Å². The minimum absolute atomic E-state index is 0.138. The fraction of sp³-hybridized carbons (Fsp3) is 0.192. The van der Waals surface area contributed by atoms with Crippen LogP contribution in [-0.4, -0.2) is 21.2 Å². The SMILES string of the molecule is Cc1ccc(-n2c(SCC(=O)Nc3c(C)cccc3C)nc3ccccc3c2=O)cc1C. The number of carbonyl (C=O) groups is 1. The quantitative estimate of drug-likeness (QED) is 0.334. The van der Waals surface area contributed by atoms with Gasteiger partial charge >= 0.3 is 0 Å². The molecule has 1 heterocycles. The molecular weight excluding hydrogens is 418 g/mol. The minimum atomic E-state index is -0.142. The van der Waals surface area contributed by atoms with Crippen molar-refractivity contribution in [3.05, 3.63) is 93.3 Å². The van der Waals surface area contributed by atoms with Crippen LogP contribution in [0.5, 0.6) is 0 Å². The van der Waals surface area contributed by atoms with Crippen LogP contribution >= 0.6 is 11.8 Å². The average Bonchev–Trinajstić information content (AvgIpc) is 2.77. The van der Waals surface area contributed by atoms with E-state index in [9.17, 15) is 9.59 Å². The molecule has 0 spiro atoms. The first-order valence-electron chi connectivity index (χ1n) is 10.4. The molecule has 0 aliphatic heterocycles. The van der Waals surface area contributed by atoms with Gasteiger partial charge in [0.2, 0.25) is 5.91 Å². The summed E-state index contributed by atoms with van der Waals surface area (Å²) in [5.41, 5.74) is 6.32.